The van der Waals surface area contributed by atoms with Gasteiger partial charge in [0, 0.05) is 24.5 Å². The molecule has 6 heteroatoms. The fraction of sp³-hybridized carbons (Fsp3) is 0.250. The molecule has 94 valence electrons. The quantitative estimate of drug-likeness (QED) is 0.863. The van der Waals surface area contributed by atoms with Crippen molar-refractivity contribution in [2.75, 3.05) is 17.2 Å². The second-order valence-corrected chi connectivity index (χ2v) is 3.74. The van der Waals surface area contributed by atoms with E-state index in [0.717, 1.165) is 17.9 Å². The van der Waals surface area contributed by atoms with Crippen molar-refractivity contribution in [3.8, 4) is 0 Å². The summed E-state index contributed by atoms with van der Waals surface area (Å²) in [7, 11) is 0. The van der Waals surface area contributed by atoms with Crippen LogP contribution in [0.2, 0.25) is 0 Å². The number of carbonyl (C=O) groups is 1. The molecule has 2 rings (SSSR count). The summed E-state index contributed by atoms with van der Waals surface area (Å²) in [6.07, 6.45) is 2.94. The molecule has 0 bridgehead atoms. The van der Waals surface area contributed by atoms with E-state index in [2.05, 4.69) is 25.3 Å². The highest BCUT2D eigenvalue weighted by molar-refractivity contribution is 6.07. The van der Waals surface area contributed by atoms with Crippen LogP contribution in [0.5, 0.6) is 0 Å². The second kappa shape index (κ2) is 5.31. The molecule has 2 aromatic rings. The van der Waals surface area contributed by atoms with Gasteiger partial charge in [-0.3, -0.25) is 9.78 Å². The topological polar surface area (TPSA) is 80.0 Å². The molecular formula is C12H14N4O2. The summed E-state index contributed by atoms with van der Waals surface area (Å²) >= 11 is 0. The summed E-state index contributed by atoms with van der Waals surface area (Å²) in [4.78, 5) is 16.2. The number of nitrogens with zero attached hydrogens (tertiary/aromatic N) is 2. The van der Waals surface area contributed by atoms with E-state index in [0.29, 0.717) is 11.4 Å². The van der Waals surface area contributed by atoms with Gasteiger partial charge in [-0.15, -0.1) is 0 Å². The molecule has 0 aliphatic rings. The fourth-order valence-corrected chi connectivity index (χ4v) is 1.54. The molecule has 0 radical (unpaired) electrons. The van der Waals surface area contributed by atoms with Gasteiger partial charge in [0.2, 0.25) is 0 Å². The maximum atomic E-state index is 12.0. The maximum absolute atomic E-state index is 12.0. The Labute approximate surface area is 104 Å². The van der Waals surface area contributed by atoms with Crippen molar-refractivity contribution < 1.29 is 9.32 Å². The minimum absolute atomic E-state index is 0.271. The molecule has 0 aromatic carbocycles. The van der Waals surface area contributed by atoms with Crippen LogP contribution in [0.25, 0.3) is 0 Å². The zero-order valence-corrected chi connectivity index (χ0v) is 10.2. The largest absolute Gasteiger partial charge is 0.385 e. The van der Waals surface area contributed by atoms with Crippen LogP contribution in [0, 0.1) is 6.92 Å². The van der Waals surface area contributed by atoms with E-state index < -0.39 is 0 Å². The van der Waals surface area contributed by atoms with Crippen LogP contribution >= 0.6 is 0 Å². The minimum Gasteiger partial charge on any atom is -0.385 e. The smallest absolute Gasteiger partial charge is 0.260 e. The summed E-state index contributed by atoms with van der Waals surface area (Å²) in [5.74, 6) is 0.107. The fourth-order valence-electron chi connectivity index (χ4n) is 1.54. The van der Waals surface area contributed by atoms with E-state index in [1.54, 1.807) is 12.3 Å². The molecule has 0 fully saturated rings. The Morgan fingerprint density at radius 2 is 2.33 bits per heavy atom. The SMILES string of the molecule is CCNc1cc(C)ncc1C(=O)Nc1ccon1. The first-order chi connectivity index (χ1) is 8.70. The van der Waals surface area contributed by atoms with E-state index in [1.165, 1.54) is 6.26 Å². The molecule has 0 aliphatic heterocycles. The highest BCUT2D eigenvalue weighted by Crippen LogP contribution is 2.17. The molecule has 0 unspecified atom stereocenters. The zero-order valence-electron chi connectivity index (χ0n) is 10.2. The number of aryl methyl sites for hydroxylation is 1. The molecule has 6 nitrogen and oxygen atoms in total. The van der Waals surface area contributed by atoms with Gasteiger partial charge in [0.15, 0.2) is 5.82 Å². The molecule has 18 heavy (non-hydrogen) atoms. The Hall–Kier alpha value is -2.37. The van der Waals surface area contributed by atoms with Gasteiger partial charge in [-0.2, -0.15) is 0 Å². The molecule has 0 aliphatic carbocycles. The number of hydrogen-bond acceptors (Lipinski definition) is 5. The van der Waals surface area contributed by atoms with E-state index in [-0.39, 0.29) is 5.91 Å². The van der Waals surface area contributed by atoms with E-state index in [9.17, 15) is 4.79 Å². The number of aromatic nitrogens is 2. The number of nitrogens with one attached hydrogen (secondary N) is 2. The third kappa shape index (κ3) is 2.65. The van der Waals surface area contributed by atoms with Crippen molar-refractivity contribution in [1.29, 1.82) is 0 Å². The Bertz CT molecular complexity index is 537. The van der Waals surface area contributed by atoms with Crippen molar-refractivity contribution in [2.45, 2.75) is 13.8 Å². The van der Waals surface area contributed by atoms with Crippen molar-refractivity contribution in [1.82, 2.24) is 10.1 Å². The summed E-state index contributed by atoms with van der Waals surface area (Å²) < 4.78 is 4.65. The number of hydrogen-bond donors (Lipinski definition) is 2. The van der Waals surface area contributed by atoms with Crippen molar-refractivity contribution in [3.63, 3.8) is 0 Å². The predicted octanol–water partition coefficient (Wildman–Crippen LogP) is 2.06. The number of pyridine rings is 1. The number of rotatable bonds is 4. The minimum atomic E-state index is -0.271. The van der Waals surface area contributed by atoms with E-state index in [1.807, 2.05) is 19.9 Å². The van der Waals surface area contributed by atoms with Crippen molar-refractivity contribution in [3.05, 3.63) is 35.9 Å². The number of carbonyl (C=O) groups excluding carboxylic acids is 1. The lowest BCUT2D eigenvalue weighted by atomic mass is 10.2. The molecule has 2 N–H and O–H groups in total. The molecule has 0 spiro atoms. The molecular weight excluding hydrogens is 232 g/mol. The molecule has 0 saturated carbocycles. The van der Waals surface area contributed by atoms with Gasteiger partial charge in [0.25, 0.3) is 5.91 Å². The van der Waals surface area contributed by atoms with Crippen LogP contribution in [0.1, 0.15) is 23.0 Å². The van der Waals surface area contributed by atoms with Gasteiger partial charge in [0.1, 0.15) is 6.26 Å². The van der Waals surface area contributed by atoms with Gasteiger partial charge < -0.3 is 15.2 Å². The van der Waals surface area contributed by atoms with Crippen molar-refractivity contribution in [2.24, 2.45) is 0 Å². The Morgan fingerprint density at radius 3 is 3.00 bits per heavy atom. The highest BCUT2D eigenvalue weighted by atomic mass is 16.5. The average Bonchev–Trinajstić information content (AvgIpc) is 2.82. The lowest BCUT2D eigenvalue weighted by Crippen LogP contribution is -2.15. The van der Waals surface area contributed by atoms with Crippen LogP contribution in [0.3, 0.4) is 0 Å². The summed E-state index contributed by atoms with van der Waals surface area (Å²) in [6, 6.07) is 3.41. The lowest BCUT2D eigenvalue weighted by molar-refractivity contribution is 0.102. The van der Waals surface area contributed by atoms with Gasteiger partial charge in [-0.05, 0) is 19.9 Å². The third-order valence-electron chi connectivity index (χ3n) is 2.33. The van der Waals surface area contributed by atoms with Crippen LogP contribution in [-0.2, 0) is 0 Å². The Kier molecular flexibility index (Phi) is 3.57. The first-order valence-corrected chi connectivity index (χ1v) is 5.63. The van der Waals surface area contributed by atoms with Gasteiger partial charge in [-0.1, -0.05) is 5.16 Å². The molecule has 0 atom stereocenters. The molecule has 0 saturated heterocycles. The third-order valence-corrected chi connectivity index (χ3v) is 2.33. The summed E-state index contributed by atoms with van der Waals surface area (Å²) in [5, 5.41) is 9.39. The standard InChI is InChI=1S/C12H14N4O2/c1-3-13-10-6-8(2)14-7-9(10)12(17)15-11-4-5-18-16-11/h4-7H,3H2,1-2H3,(H,13,14)(H,15,16,17). The van der Waals surface area contributed by atoms with Gasteiger partial charge >= 0.3 is 0 Å². The summed E-state index contributed by atoms with van der Waals surface area (Å²) in [6.45, 7) is 4.57. The highest BCUT2D eigenvalue weighted by Gasteiger charge is 2.13. The normalized spacial score (nSPS) is 10.1. The van der Waals surface area contributed by atoms with Gasteiger partial charge in [-0.25, -0.2) is 0 Å². The second-order valence-electron chi connectivity index (χ2n) is 3.74. The first kappa shape index (κ1) is 12.1. The molecule has 1 amide bonds. The van der Waals surface area contributed by atoms with Gasteiger partial charge in [0.05, 0.1) is 11.3 Å². The van der Waals surface area contributed by atoms with Crippen LogP contribution in [0.15, 0.2) is 29.1 Å². The summed E-state index contributed by atoms with van der Waals surface area (Å²) in [5.41, 5.74) is 2.08. The van der Waals surface area contributed by atoms with Crippen molar-refractivity contribution >= 4 is 17.4 Å². The molecule has 2 heterocycles. The zero-order chi connectivity index (χ0) is 13.0. The van der Waals surface area contributed by atoms with E-state index in [4.69, 9.17) is 0 Å². The van der Waals surface area contributed by atoms with Crippen LogP contribution in [0.4, 0.5) is 11.5 Å². The monoisotopic (exact) mass is 246 g/mol. The first-order valence-electron chi connectivity index (χ1n) is 5.63. The lowest BCUT2D eigenvalue weighted by Gasteiger charge is -2.10. The van der Waals surface area contributed by atoms with E-state index >= 15 is 0 Å². The number of anilines is 2. The van der Waals surface area contributed by atoms with Crippen LogP contribution in [-0.4, -0.2) is 22.6 Å². The average molecular weight is 246 g/mol. The predicted molar refractivity (Wildman–Crippen MR) is 67.6 cm³/mol. The Morgan fingerprint density at radius 1 is 1.50 bits per heavy atom. The molecule has 2 aromatic heterocycles. The van der Waals surface area contributed by atoms with Crippen LogP contribution < -0.4 is 10.6 Å². The maximum Gasteiger partial charge on any atom is 0.260 e. The number of amides is 1. The Balaban J connectivity index is 2.23.